The number of fused-ring (bicyclic) bond motifs is 1. The van der Waals surface area contributed by atoms with E-state index in [1.807, 2.05) is 31.2 Å². The summed E-state index contributed by atoms with van der Waals surface area (Å²) in [7, 11) is 0. The molecule has 3 heteroatoms. The van der Waals surface area contributed by atoms with Gasteiger partial charge in [0.25, 0.3) is 0 Å². The van der Waals surface area contributed by atoms with Crippen molar-refractivity contribution in [1.29, 1.82) is 5.41 Å². The van der Waals surface area contributed by atoms with Crippen LogP contribution in [0.3, 0.4) is 0 Å². The standard InChI is InChI=1S/C11H10BrNO/c1-7(6-13)10-5-8-3-2-4-9(12)11(8)14-10/h2-7,13H,1H3. The minimum Gasteiger partial charge on any atom is -0.459 e. The van der Waals surface area contributed by atoms with Crippen molar-refractivity contribution in [1.82, 2.24) is 0 Å². The normalized spacial score (nSPS) is 13.0. The van der Waals surface area contributed by atoms with Gasteiger partial charge < -0.3 is 9.83 Å². The van der Waals surface area contributed by atoms with Crippen molar-refractivity contribution in [3.63, 3.8) is 0 Å². The number of rotatable bonds is 2. The maximum absolute atomic E-state index is 7.18. The smallest absolute Gasteiger partial charge is 0.148 e. The molecule has 0 aliphatic heterocycles. The molecule has 1 aromatic carbocycles. The number of hydrogen-bond acceptors (Lipinski definition) is 2. The third-order valence-electron chi connectivity index (χ3n) is 2.21. The fourth-order valence-electron chi connectivity index (χ4n) is 1.35. The van der Waals surface area contributed by atoms with Gasteiger partial charge in [-0.25, -0.2) is 0 Å². The SMILES string of the molecule is CC(C=N)c1cc2cccc(Br)c2o1. The Bertz CT molecular complexity index is 475. The number of hydrogen-bond donors (Lipinski definition) is 1. The van der Waals surface area contributed by atoms with E-state index in [2.05, 4.69) is 15.9 Å². The molecule has 1 aromatic heterocycles. The van der Waals surface area contributed by atoms with Gasteiger partial charge in [-0.1, -0.05) is 19.1 Å². The summed E-state index contributed by atoms with van der Waals surface area (Å²) in [6.45, 7) is 1.94. The van der Waals surface area contributed by atoms with E-state index in [-0.39, 0.29) is 5.92 Å². The largest absolute Gasteiger partial charge is 0.459 e. The van der Waals surface area contributed by atoms with Crippen LogP contribution in [0.2, 0.25) is 0 Å². The Morgan fingerprint density at radius 1 is 1.50 bits per heavy atom. The average Bonchev–Trinajstić information content (AvgIpc) is 2.62. The molecule has 1 unspecified atom stereocenters. The van der Waals surface area contributed by atoms with Crippen LogP contribution in [0, 0.1) is 5.41 Å². The van der Waals surface area contributed by atoms with Gasteiger partial charge in [0.2, 0.25) is 0 Å². The average molecular weight is 252 g/mol. The summed E-state index contributed by atoms with van der Waals surface area (Å²) >= 11 is 3.43. The van der Waals surface area contributed by atoms with Crippen LogP contribution in [-0.2, 0) is 0 Å². The third kappa shape index (κ3) is 1.48. The highest BCUT2D eigenvalue weighted by Gasteiger charge is 2.10. The van der Waals surface area contributed by atoms with E-state index in [1.54, 1.807) is 0 Å². The van der Waals surface area contributed by atoms with Gasteiger partial charge in [-0.15, -0.1) is 0 Å². The van der Waals surface area contributed by atoms with E-state index >= 15 is 0 Å². The van der Waals surface area contributed by atoms with Gasteiger partial charge in [-0.2, -0.15) is 0 Å². The Balaban J connectivity index is 2.62. The van der Waals surface area contributed by atoms with Crippen molar-refractivity contribution in [3.05, 3.63) is 34.5 Å². The van der Waals surface area contributed by atoms with Crippen molar-refractivity contribution in [2.24, 2.45) is 0 Å². The summed E-state index contributed by atoms with van der Waals surface area (Å²) in [4.78, 5) is 0. The highest BCUT2D eigenvalue weighted by Crippen LogP contribution is 2.29. The number of para-hydroxylation sites is 1. The Morgan fingerprint density at radius 3 is 2.93 bits per heavy atom. The van der Waals surface area contributed by atoms with Crippen LogP contribution in [0.15, 0.2) is 33.2 Å². The van der Waals surface area contributed by atoms with Crippen LogP contribution in [0.1, 0.15) is 18.6 Å². The fourth-order valence-corrected chi connectivity index (χ4v) is 1.82. The van der Waals surface area contributed by atoms with Crippen LogP contribution in [0.5, 0.6) is 0 Å². The molecule has 14 heavy (non-hydrogen) atoms. The van der Waals surface area contributed by atoms with Gasteiger partial charge in [0.1, 0.15) is 11.3 Å². The number of halogens is 1. The Morgan fingerprint density at radius 2 is 2.29 bits per heavy atom. The highest BCUT2D eigenvalue weighted by molar-refractivity contribution is 9.10. The molecule has 1 heterocycles. The second-order valence-corrected chi connectivity index (χ2v) is 4.12. The molecule has 0 aliphatic carbocycles. The molecule has 0 spiro atoms. The lowest BCUT2D eigenvalue weighted by Crippen LogP contribution is -1.89. The quantitative estimate of drug-likeness (QED) is 0.807. The highest BCUT2D eigenvalue weighted by atomic mass is 79.9. The van der Waals surface area contributed by atoms with Crippen molar-refractivity contribution < 1.29 is 4.42 Å². The van der Waals surface area contributed by atoms with E-state index < -0.39 is 0 Å². The monoisotopic (exact) mass is 251 g/mol. The predicted octanol–water partition coefficient (Wildman–Crippen LogP) is 3.95. The Kier molecular flexibility index (Phi) is 2.42. The van der Waals surface area contributed by atoms with Crippen molar-refractivity contribution in [3.8, 4) is 0 Å². The van der Waals surface area contributed by atoms with Gasteiger partial charge in [-0.3, -0.25) is 0 Å². The first kappa shape index (κ1) is 9.46. The molecule has 1 N–H and O–H groups in total. The van der Waals surface area contributed by atoms with E-state index in [1.165, 1.54) is 6.21 Å². The van der Waals surface area contributed by atoms with Crippen molar-refractivity contribution in [2.75, 3.05) is 0 Å². The van der Waals surface area contributed by atoms with Crippen molar-refractivity contribution >= 4 is 33.1 Å². The zero-order valence-corrected chi connectivity index (χ0v) is 9.34. The van der Waals surface area contributed by atoms with Gasteiger partial charge in [0.15, 0.2) is 0 Å². The Hall–Kier alpha value is -1.09. The molecule has 1 atom stereocenters. The maximum atomic E-state index is 7.18. The van der Waals surface area contributed by atoms with Crippen LogP contribution < -0.4 is 0 Å². The van der Waals surface area contributed by atoms with E-state index in [4.69, 9.17) is 9.83 Å². The predicted molar refractivity (Wildman–Crippen MR) is 61.1 cm³/mol. The van der Waals surface area contributed by atoms with E-state index in [0.29, 0.717) is 0 Å². The van der Waals surface area contributed by atoms with Crippen LogP contribution >= 0.6 is 15.9 Å². The number of furan rings is 1. The molecule has 2 rings (SSSR count). The summed E-state index contributed by atoms with van der Waals surface area (Å²) in [6.07, 6.45) is 1.38. The number of benzene rings is 1. The first-order valence-electron chi connectivity index (χ1n) is 4.41. The maximum Gasteiger partial charge on any atom is 0.148 e. The fraction of sp³-hybridized carbons (Fsp3) is 0.182. The van der Waals surface area contributed by atoms with Gasteiger partial charge in [-0.05, 0) is 28.1 Å². The lowest BCUT2D eigenvalue weighted by atomic mass is 10.1. The molecule has 72 valence electrons. The third-order valence-corrected chi connectivity index (χ3v) is 2.84. The van der Waals surface area contributed by atoms with Gasteiger partial charge >= 0.3 is 0 Å². The zero-order valence-electron chi connectivity index (χ0n) is 7.75. The summed E-state index contributed by atoms with van der Waals surface area (Å²) in [6, 6.07) is 7.91. The molecule has 0 radical (unpaired) electrons. The topological polar surface area (TPSA) is 37.0 Å². The molecule has 2 nitrogen and oxygen atoms in total. The van der Waals surface area contributed by atoms with E-state index in [0.717, 1.165) is 21.2 Å². The van der Waals surface area contributed by atoms with Crippen LogP contribution in [0.25, 0.3) is 11.0 Å². The second kappa shape index (κ2) is 3.58. The second-order valence-electron chi connectivity index (χ2n) is 3.26. The van der Waals surface area contributed by atoms with E-state index in [9.17, 15) is 0 Å². The molecule has 0 fully saturated rings. The molecular formula is C11H10BrNO. The van der Waals surface area contributed by atoms with Crippen LogP contribution in [-0.4, -0.2) is 6.21 Å². The Labute approximate surface area is 90.6 Å². The molecule has 2 aromatic rings. The van der Waals surface area contributed by atoms with Crippen molar-refractivity contribution in [2.45, 2.75) is 12.8 Å². The number of nitrogens with one attached hydrogen (secondary N) is 1. The molecule has 0 amide bonds. The molecule has 0 bridgehead atoms. The minimum absolute atomic E-state index is 0.0364. The summed E-state index contributed by atoms with van der Waals surface area (Å²) in [5.41, 5.74) is 0.858. The zero-order chi connectivity index (χ0) is 10.1. The first-order chi connectivity index (χ1) is 6.72. The van der Waals surface area contributed by atoms with Crippen LogP contribution in [0.4, 0.5) is 0 Å². The summed E-state index contributed by atoms with van der Waals surface area (Å²) < 4.78 is 6.61. The molecule has 0 saturated heterocycles. The molecule has 0 aliphatic rings. The molecular weight excluding hydrogens is 242 g/mol. The van der Waals surface area contributed by atoms with Gasteiger partial charge in [0, 0.05) is 17.5 Å². The lowest BCUT2D eigenvalue weighted by molar-refractivity contribution is 0.545. The first-order valence-corrected chi connectivity index (χ1v) is 5.20. The summed E-state index contributed by atoms with van der Waals surface area (Å²) in [5.74, 6) is 0.871. The molecule has 0 saturated carbocycles. The van der Waals surface area contributed by atoms with Gasteiger partial charge in [0.05, 0.1) is 4.47 Å². The lowest BCUT2D eigenvalue weighted by Gasteiger charge is -1.97. The summed E-state index contributed by atoms with van der Waals surface area (Å²) in [5, 5.41) is 8.25. The minimum atomic E-state index is 0.0364.